The number of ether oxygens (including phenoxy) is 2. The molecule has 6 heteroatoms. The summed E-state index contributed by atoms with van der Waals surface area (Å²) in [6, 6.07) is 10.9. The van der Waals surface area contributed by atoms with E-state index in [-0.39, 0.29) is 12.5 Å². The van der Waals surface area contributed by atoms with E-state index in [2.05, 4.69) is 6.07 Å². The lowest BCUT2D eigenvalue weighted by atomic mass is 9.94. The highest BCUT2D eigenvalue weighted by molar-refractivity contribution is 6.10. The summed E-state index contributed by atoms with van der Waals surface area (Å²) < 4.78 is 11.0. The van der Waals surface area contributed by atoms with Gasteiger partial charge in [-0.2, -0.15) is 0 Å². The summed E-state index contributed by atoms with van der Waals surface area (Å²) in [6.45, 7) is 1.54. The summed E-state index contributed by atoms with van der Waals surface area (Å²) in [4.78, 5) is 13.7. The number of carbonyl (C=O) groups is 1. The van der Waals surface area contributed by atoms with E-state index in [9.17, 15) is 15.0 Å². The smallest absolute Gasteiger partial charge is 0.320 e. The predicted octanol–water partition coefficient (Wildman–Crippen LogP) is 3.87. The number of carboxylic acid groups (broad SMARTS) is 1. The number of hydrogen-bond acceptors (Lipinski definition) is 5. The van der Waals surface area contributed by atoms with E-state index in [0.717, 1.165) is 46.5 Å². The van der Waals surface area contributed by atoms with Gasteiger partial charge >= 0.3 is 5.97 Å². The Bertz CT molecular complexity index is 1090. The van der Waals surface area contributed by atoms with Gasteiger partial charge in [-0.05, 0) is 76.8 Å². The van der Waals surface area contributed by atoms with Crippen molar-refractivity contribution in [1.29, 1.82) is 0 Å². The molecule has 3 aromatic carbocycles. The first-order chi connectivity index (χ1) is 13.6. The molecule has 144 valence electrons. The second-order valence-corrected chi connectivity index (χ2v) is 7.51. The molecular formula is C22H21NO5. The van der Waals surface area contributed by atoms with Gasteiger partial charge in [-0.1, -0.05) is 12.5 Å². The Kier molecular flexibility index (Phi) is 4.02. The minimum atomic E-state index is -0.759. The number of rotatable bonds is 3. The Morgan fingerprint density at radius 1 is 1.04 bits per heavy atom. The number of likely N-dealkylation sites (tertiary alicyclic amines) is 1. The Labute approximate surface area is 161 Å². The molecule has 2 N–H and O–H groups in total. The van der Waals surface area contributed by atoms with E-state index < -0.39 is 12.0 Å². The average Bonchev–Trinajstić information content (AvgIpc) is 3.14. The van der Waals surface area contributed by atoms with Crippen LogP contribution < -0.4 is 9.47 Å². The largest absolute Gasteiger partial charge is 0.508 e. The first-order valence-electron chi connectivity index (χ1n) is 9.55. The Hall–Kier alpha value is -2.99. The molecule has 0 aliphatic carbocycles. The summed E-state index contributed by atoms with van der Waals surface area (Å²) in [5, 5.41) is 23.6. The second kappa shape index (κ2) is 6.56. The van der Waals surface area contributed by atoms with Gasteiger partial charge in [-0.3, -0.25) is 9.69 Å². The molecule has 0 amide bonds. The van der Waals surface area contributed by atoms with Crippen molar-refractivity contribution in [3.05, 3.63) is 42.0 Å². The molecule has 1 unspecified atom stereocenters. The van der Waals surface area contributed by atoms with Crippen LogP contribution in [0, 0.1) is 0 Å². The SMILES string of the molecule is O=C(O)C1CCCCN1Cc1cc2cc3c(cc2c2cc(O)ccc12)OCO3. The molecule has 1 atom stereocenters. The van der Waals surface area contributed by atoms with Crippen LogP contribution in [0.25, 0.3) is 21.5 Å². The van der Waals surface area contributed by atoms with Gasteiger partial charge in [0.1, 0.15) is 11.8 Å². The number of aromatic hydroxyl groups is 1. The molecule has 2 aliphatic heterocycles. The molecule has 0 saturated carbocycles. The Balaban J connectivity index is 1.67. The van der Waals surface area contributed by atoms with E-state index in [4.69, 9.17) is 9.47 Å². The average molecular weight is 379 g/mol. The molecule has 6 nitrogen and oxygen atoms in total. The molecule has 1 saturated heterocycles. The van der Waals surface area contributed by atoms with E-state index in [1.165, 1.54) is 0 Å². The van der Waals surface area contributed by atoms with Gasteiger partial charge in [0, 0.05) is 6.54 Å². The zero-order chi connectivity index (χ0) is 19.3. The standard InChI is InChI=1S/C22H21NO5/c24-15-4-5-16-14(11-23-6-2-1-3-19(23)22(25)26)7-13-8-20-21(28-12-27-20)10-17(13)18(16)9-15/h4-5,7-10,19,24H,1-3,6,11-12H2,(H,25,26). The van der Waals surface area contributed by atoms with E-state index >= 15 is 0 Å². The van der Waals surface area contributed by atoms with Crippen LogP contribution in [0.4, 0.5) is 0 Å². The molecule has 28 heavy (non-hydrogen) atoms. The van der Waals surface area contributed by atoms with Crippen molar-refractivity contribution < 1.29 is 24.5 Å². The fourth-order valence-corrected chi connectivity index (χ4v) is 4.42. The topological polar surface area (TPSA) is 79.2 Å². The van der Waals surface area contributed by atoms with Crippen LogP contribution in [-0.4, -0.2) is 40.5 Å². The molecule has 5 rings (SSSR count). The van der Waals surface area contributed by atoms with Gasteiger partial charge in [-0.25, -0.2) is 0 Å². The number of hydrogen-bond donors (Lipinski definition) is 2. The number of fused-ring (bicyclic) bond motifs is 4. The van der Waals surface area contributed by atoms with E-state index in [1.54, 1.807) is 12.1 Å². The van der Waals surface area contributed by atoms with Crippen LogP contribution in [0.3, 0.4) is 0 Å². The number of phenols is 1. The van der Waals surface area contributed by atoms with Crippen LogP contribution in [0.5, 0.6) is 17.2 Å². The van der Waals surface area contributed by atoms with Crippen LogP contribution in [0.2, 0.25) is 0 Å². The number of phenolic OH excluding ortho intramolecular Hbond substituents is 1. The number of carboxylic acids is 1. The Morgan fingerprint density at radius 3 is 2.68 bits per heavy atom. The predicted molar refractivity (Wildman–Crippen MR) is 105 cm³/mol. The van der Waals surface area contributed by atoms with E-state index in [1.807, 2.05) is 23.1 Å². The molecule has 0 aromatic heterocycles. The summed E-state index contributed by atoms with van der Waals surface area (Å²) in [5.41, 5.74) is 1.05. The third kappa shape index (κ3) is 2.81. The van der Waals surface area contributed by atoms with Crippen LogP contribution in [0.1, 0.15) is 24.8 Å². The van der Waals surface area contributed by atoms with Crippen molar-refractivity contribution in [1.82, 2.24) is 4.90 Å². The van der Waals surface area contributed by atoms with Gasteiger partial charge in [0.2, 0.25) is 6.79 Å². The minimum absolute atomic E-state index is 0.199. The third-order valence-corrected chi connectivity index (χ3v) is 5.79. The highest BCUT2D eigenvalue weighted by Crippen LogP contribution is 2.40. The first kappa shape index (κ1) is 17.1. The zero-order valence-electron chi connectivity index (χ0n) is 15.4. The van der Waals surface area contributed by atoms with Crippen LogP contribution in [0.15, 0.2) is 36.4 Å². The maximum atomic E-state index is 11.7. The van der Waals surface area contributed by atoms with Gasteiger partial charge < -0.3 is 19.7 Å². The van der Waals surface area contributed by atoms with E-state index in [0.29, 0.717) is 24.5 Å². The molecule has 1 fully saturated rings. The summed E-state index contributed by atoms with van der Waals surface area (Å²) in [7, 11) is 0. The summed E-state index contributed by atoms with van der Waals surface area (Å²) in [5.74, 6) is 0.849. The first-order valence-corrected chi connectivity index (χ1v) is 9.55. The van der Waals surface area contributed by atoms with Gasteiger partial charge in [-0.15, -0.1) is 0 Å². The fourth-order valence-electron chi connectivity index (χ4n) is 4.42. The highest BCUT2D eigenvalue weighted by Gasteiger charge is 2.29. The fraction of sp³-hybridized carbons (Fsp3) is 0.318. The lowest BCUT2D eigenvalue weighted by molar-refractivity contribution is -0.144. The maximum Gasteiger partial charge on any atom is 0.320 e. The van der Waals surface area contributed by atoms with Gasteiger partial charge in [0.25, 0.3) is 0 Å². The van der Waals surface area contributed by atoms with Crippen molar-refractivity contribution in [3.8, 4) is 17.2 Å². The van der Waals surface area contributed by atoms with Crippen molar-refractivity contribution in [2.45, 2.75) is 31.8 Å². The second-order valence-electron chi connectivity index (χ2n) is 7.51. The number of nitrogens with zero attached hydrogens (tertiary/aromatic N) is 1. The zero-order valence-corrected chi connectivity index (χ0v) is 15.4. The maximum absolute atomic E-state index is 11.7. The number of benzene rings is 3. The lowest BCUT2D eigenvalue weighted by Crippen LogP contribution is -2.44. The van der Waals surface area contributed by atoms with Crippen LogP contribution >= 0.6 is 0 Å². The van der Waals surface area contributed by atoms with Crippen LogP contribution in [-0.2, 0) is 11.3 Å². The summed E-state index contributed by atoms with van der Waals surface area (Å²) in [6.07, 6.45) is 2.64. The molecular weight excluding hydrogens is 358 g/mol. The van der Waals surface area contributed by atoms with Gasteiger partial charge in [0.05, 0.1) is 0 Å². The quantitative estimate of drug-likeness (QED) is 0.673. The monoisotopic (exact) mass is 379 g/mol. The number of aliphatic carboxylic acids is 1. The molecule has 3 aromatic rings. The third-order valence-electron chi connectivity index (χ3n) is 5.79. The van der Waals surface area contributed by atoms with Crippen molar-refractivity contribution >= 4 is 27.5 Å². The molecule has 0 bridgehead atoms. The van der Waals surface area contributed by atoms with Crippen molar-refractivity contribution in [2.24, 2.45) is 0 Å². The minimum Gasteiger partial charge on any atom is -0.508 e. The molecule has 0 spiro atoms. The Morgan fingerprint density at radius 2 is 1.86 bits per heavy atom. The van der Waals surface area contributed by atoms with Crippen molar-refractivity contribution in [3.63, 3.8) is 0 Å². The molecule has 0 radical (unpaired) electrons. The summed E-state index contributed by atoms with van der Waals surface area (Å²) >= 11 is 0. The lowest BCUT2D eigenvalue weighted by Gasteiger charge is -2.33. The number of piperidine rings is 1. The molecule has 2 heterocycles. The van der Waals surface area contributed by atoms with Crippen molar-refractivity contribution in [2.75, 3.05) is 13.3 Å². The molecule has 2 aliphatic rings. The normalized spacial score (nSPS) is 19.4. The van der Waals surface area contributed by atoms with Gasteiger partial charge in [0.15, 0.2) is 11.5 Å². The highest BCUT2D eigenvalue weighted by atomic mass is 16.7.